The van der Waals surface area contributed by atoms with Crippen LogP contribution in [-0.2, 0) is 4.79 Å². The van der Waals surface area contributed by atoms with Gasteiger partial charge < -0.3 is 14.6 Å². The van der Waals surface area contributed by atoms with E-state index in [-0.39, 0.29) is 0 Å². The van der Waals surface area contributed by atoms with Crippen LogP contribution in [0.5, 0.6) is 5.75 Å². The Bertz CT molecular complexity index is 330. The molecule has 0 fully saturated rings. The average molecular weight is 214 g/mol. The smallest absolute Gasteiger partial charge is 0.143 e. The molecule has 0 amide bonds. The Kier molecular flexibility index (Phi) is 3.01. The molecule has 4 heteroatoms. The number of benzene rings is 1. The molecular formula is C10H10ClO3-. The number of carbonyl (C=O) groups is 1. The fourth-order valence-corrected chi connectivity index (χ4v) is 0.965. The van der Waals surface area contributed by atoms with Crippen LogP contribution in [0.3, 0.4) is 0 Å². The number of aliphatic carboxylic acids is 1. The van der Waals surface area contributed by atoms with Gasteiger partial charge in [0.1, 0.15) is 11.4 Å². The van der Waals surface area contributed by atoms with Crippen molar-refractivity contribution >= 4 is 17.6 Å². The van der Waals surface area contributed by atoms with Gasteiger partial charge in [0.2, 0.25) is 0 Å². The quantitative estimate of drug-likeness (QED) is 0.759. The highest BCUT2D eigenvalue weighted by Crippen LogP contribution is 2.20. The molecule has 0 aliphatic rings. The van der Waals surface area contributed by atoms with E-state index in [1.165, 1.54) is 13.8 Å². The maximum absolute atomic E-state index is 10.6. The monoisotopic (exact) mass is 213 g/mol. The molecule has 3 nitrogen and oxygen atoms in total. The van der Waals surface area contributed by atoms with E-state index in [1.54, 1.807) is 24.3 Å². The molecule has 0 saturated heterocycles. The molecule has 14 heavy (non-hydrogen) atoms. The Labute approximate surface area is 87.3 Å². The third-order valence-electron chi connectivity index (χ3n) is 1.68. The molecule has 0 aliphatic carbocycles. The fourth-order valence-electron chi connectivity index (χ4n) is 0.839. The second-order valence-corrected chi connectivity index (χ2v) is 3.79. The van der Waals surface area contributed by atoms with Gasteiger partial charge in [-0.15, -0.1) is 0 Å². The Balaban J connectivity index is 2.79. The van der Waals surface area contributed by atoms with Gasteiger partial charge in [-0.2, -0.15) is 0 Å². The highest BCUT2D eigenvalue weighted by Gasteiger charge is 2.21. The molecule has 76 valence electrons. The summed E-state index contributed by atoms with van der Waals surface area (Å²) in [6, 6.07) is 6.46. The minimum atomic E-state index is -1.34. The normalized spacial score (nSPS) is 11.1. The Hall–Kier alpha value is -1.22. The molecule has 0 spiro atoms. The zero-order valence-corrected chi connectivity index (χ0v) is 8.67. The van der Waals surface area contributed by atoms with Crippen molar-refractivity contribution in [3.05, 3.63) is 29.3 Å². The van der Waals surface area contributed by atoms with E-state index in [0.29, 0.717) is 10.8 Å². The molecule has 1 aromatic rings. The maximum Gasteiger partial charge on any atom is 0.143 e. The summed E-state index contributed by atoms with van der Waals surface area (Å²) in [6.07, 6.45) is 0. The standard InChI is InChI=1S/C10H11ClO3/c1-10(2,9(12)13)14-8-5-3-7(11)4-6-8/h3-6H,1-2H3,(H,12,13)/p-1. The van der Waals surface area contributed by atoms with Gasteiger partial charge in [0.25, 0.3) is 0 Å². The van der Waals surface area contributed by atoms with E-state index in [1.807, 2.05) is 0 Å². The van der Waals surface area contributed by atoms with Crippen molar-refractivity contribution < 1.29 is 14.6 Å². The lowest BCUT2D eigenvalue weighted by Gasteiger charge is -2.27. The van der Waals surface area contributed by atoms with Crippen LogP contribution in [-0.4, -0.2) is 11.6 Å². The molecule has 0 aromatic heterocycles. The van der Waals surface area contributed by atoms with Crippen LogP contribution in [0.25, 0.3) is 0 Å². The van der Waals surface area contributed by atoms with E-state index in [4.69, 9.17) is 16.3 Å². The van der Waals surface area contributed by atoms with Gasteiger partial charge in [0.15, 0.2) is 0 Å². The molecule has 0 bridgehead atoms. The molecule has 0 atom stereocenters. The third kappa shape index (κ3) is 2.64. The fraction of sp³-hybridized carbons (Fsp3) is 0.300. The predicted molar refractivity (Wildman–Crippen MR) is 51.2 cm³/mol. The van der Waals surface area contributed by atoms with E-state index in [0.717, 1.165) is 0 Å². The minimum Gasteiger partial charge on any atom is -0.546 e. The van der Waals surface area contributed by atoms with E-state index >= 15 is 0 Å². The Morgan fingerprint density at radius 1 is 1.36 bits per heavy atom. The van der Waals surface area contributed by atoms with Crippen molar-refractivity contribution in [2.24, 2.45) is 0 Å². The van der Waals surface area contributed by atoms with Crippen LogP contribution in [0.1, 0.15) is 13.8 Å². The molecule has 0 aliphatic heterocycles. The number of carboxylic acid groups (broad SMARTS) is 1. The summed E-state index contributed by atoms with van der Waals surface area (Å²) in [6.45, 7) is 2.86. The first-order chi connectivity index (χ1) is 6.42. The summed E-state index contributed by atoms with van der Waals surface area (Å²) >= 11 is 5.66. The summed E-state index contributed by atoms with van der Waals surface area (Å²) in [5.41, 5.74) is -1.34. The van der Waals surface area contributed by atoms with Crippen LogP contribution in [0.15, 0.2) is 24.3 Å². The van der Waals surface area contributed by atoms with Gasteiger partial charge >= 0.3 is 0 Å². The van der Waals surface area contributed by atoms with Crippen molar-refractivity contribution in [3.8, 4) is 5.75 Å². The molecular weight excluding hydrogens is 204 g/mol. The average Bonchev–Trinajstić information content (AvgIpc) is 2.08. The van der Waals surface area contributed by atoms with Crippen LogP contribution >= 0.6 is 11.6 Å². The molecule has 0 heterocycles. The highest BCUT2D eigenvalue weighted by molar-refractivity contribution is 6.30. The lowest BCUT2D eigenvalue weighted by atomic mass is 10.1. The second kappa shape index (κ2) is 3.88. The number of ether oxygens (including phenoxy) is 1. The maximum atomic E-state index is 10.6. The summed E-state index contributed by atoms with van der Waals surface area (Å²) in [7, 11) is 0. The largest absolute Gasteiger partial charge is 0.546 e. The summed E-state index contributed by atoms with van der Waals surface area (Å²) < 4.78 is 5.20. The van der Waals surface area contributed by atoms with E-state index in [9.17, 15) is 9.90 Å². The third-order valence-corrected chi connectivity index (χ3v) is 1.93. The first-order valence-corrected chi connectivity index (χ1v) is 4.45. The van der Waals surface area contributed by atoms with Crippen LogP contribution in [0, 0.1) is 0 Å². The summed E-state index contributed by atoms with van der Waals surface area (Å²) in [5.74, 6) is -0.809. The van der Waals surface area contributed by atoms with Gasteiger partial charge in [0, 0.05) is 5.02 Å². The number of carboxylic acids is 1. The lowest BCUT2D eigenvalue weighted by molar-refractivity contribution is -0.320. The Morgan fingerprint density at radius 2 is 1.86 bits per heavy atom. The SMILES string of the molecule is CC(C)(Oc1ccc(Cl)cc1)C(=O)[O-]. The van der Waals surface area contributed by atoms with Crippen molar-refractivity contribution in [3.63, 3.8) is 0 Å². The van der Waals surface area contributed by atoms with Crippen molar-refractivity contribution in [2.75, 3.05) is 0 Å². The van der Waals surface area contributed by atoms with Crippen LogP contribution < -0.4 is 9.84 Å². The number of hydrogen-bond donors (Lipinski definition) is 0. The first-order valence-electron chi connectivity index (χ1n) is 4.08. The van der Waals surface area contributed by atoms with E-state index < -0.39 is 11.6 Å². The number of rotatable bonds is 3. The van der Waals surface area contributed by atoms with Gasteiger partial charge in [-0.1, -0.05) is 11.6 Å². The van der Waals surface area contributed by atoms with Crippen molar-refractivity contribution in [2.45, 2.75) is 19.4 Å². The van der Waals surface area contributed by atoms with Crippen molar-refractivity contribution in [1.82, 2.24) is 0 Å². The van der Waals surface area contributed by atoms with Gasteiger partial charge in [-0.05, 0) is 38.1 Å². The molecule has 0 radical (unpaired) electrons. The van der Waals surface area contributed by atoms with Gasteiger partial charge in [0.05, 0.1) is 5.97 Å². The minimum absolute atomic E-state index is 0.448. The summed E-state index contributed by atoms with van der Waals surface area (Å²) in [4.78, 5) is 10.6. The molecule has 1 aromatic carbocycles. The molecule has 0 saturated carbocycles. The number of halogens is 1. The molecule has 0 unspecified atom stereocenters. The molecule has 1 rings (SSSR count). The topological polar surface area (TPSA) is 49.4 Å². The first kappa shape index (κ1) is 10.9. The summed E-state index contributed by atoms with van der Waals surface area (Å²) in [5, 5.41) is 11.2. The van der Waals surface area contributed by atoms with Crippen LogP contribution in [0.4, 0.5) is 0 Å². The van der Waals surface area contributed by atoms with Crippen molar-refractivity contribution in [1.29, 1.82) is 0 Å². The zero-order valence-electron chi connectivity index (χ0n) is 7.91. The highest BCUT2D eigenvalue weighted by atomic mass is 35.5. The lowest BCUT2D eigenvalue weighted by Crippen LogP contribution is -2.47. The number of carbonyl (C=O) groups excluding carboxylic acids is 1. The Morgan fingerprint density at radius 3 is 2.29 bits per heavy atom. The number of hydrogen-bond acceptors (Lipinski definition) is 3. The van der Waals surface area contributed by atoms with Crippen LogP contribution in [0.2, 0.25) is 5.02 Å². The predicted octanol–water partition coefficient (Wildman–Crippen LogP) is 1.25. The van der Waals surface area contributed by atoms with E-state index in [2.05, 4.69) is 0 Å². The van der Waals surface area contributed by atoms with Gasteiger partial charge in [-0.25, -0.2) is 0 Å². The zero-order chi connectivity index (χ0) is 10.8. The van der Waals surface area contributed by atoms with Gasteiger partial charge in [-0.3, -0.25) is 0 Å². The molecule has 0 N–H and O–H groups in total. The second-order valence-electron chi connectivity index (χ2n) is 3.35.